The number of carbonyl (C=O) groups excluding carboxylic acids is 1. The highest BCUT2D eigenvalue weighted by molar-refractivity contribution is 7.16. The van der Waals surface area contributed by atoms with E-state index in [0.29, 0.717) is 13.1 Å². The molecule has 8 heteroatoms. The third kappa shape index (κ3) is 3.73. The van der Waals surface area contributed by atoms with E-state index in [1.165, 1.54) is 0 Å². The van der Waals surface area contributed by atoms with Gasteiger partial charge < -0.3 is 4.90 Å². The summed E-state index contributed by atoms with van der Waals surface area (Å²) in [6, 6.07) is 12.2. The van der Waals surface area contributed by atoms with Gasteiger partial charge in [-0.05, 0) is 17.0 Å². The van der Waals surface area contributed by atoms with Crippen LogP contribution in [0.4, 0.5) is 5.82 Å². The molecule has 2 aliphatic heterocycles. The first-order valence-electron chi connectivity index (χ1n) is 9.87. The largest absolute Gasteiger partial charge is 0.353 e. The Morgan fingerprint density at radius 3 is 2.66 bits per heavy atom. The number of amides is 1. The average molecular weight is 407 g/mol. The summed E-state index contributed by atoms with van der Waals surface area (Å²) in [6.07, 6.45) is 2.45. The van der Waals surface area contributed by atoms with Crippen molar-refractivity contribution in [2.45, 2.75) is 6.42 Å². The van der Waals surface area contributed by atoms with Crippen molar-refractivity contribution in [3.63, 3.8) is 0 Å². The van der Waals surface area contributed by atoms with E-state index in [1.54, 1.807) is 22.7 Å². The number of benzene rings is 1. The van der Waals surface area contributed by atoms with Gasteiger partial charge in [0, 0.05) is 32.6 Å². The lowest BCUT2D eigenvalue weighted by atomic mass is 10.1. The Kier molecular flexibility index (Phi) is 4.95. The summed E-state index contributed by atoms with van der Waals surface area (Å²) in [5.41, 5.74) is 2.09. The van der Waals surface area contributed by atoms with E-state index in [-0.39, 0.29) is 5.91 Å². The number of thiophene rings is 1. The Labute approximate surface area is 173 Å². The number of fused-ring (bicyclic) bond motifs is 1. The van der Waals surface area contributed by atoms with Gasteiger partial charge in [-0.2, -0.15) is 5.10 Å². The fourth-order valence-electron chi connectivity index (χ4n) is 3.89. The summed E-state index contributed by atoms with van der Waals surface area (Å²) in [7, 11) is 0. The van der Waals surface area contributed by atoms with Crippen LogP contribution in [0.2, 0.25) is 0 Å². The third-order valence-electron chi connectivity index (χ3n) is 5.47. The summed E-state index contributed by atoms with van der Waals surface area (Å²) in [4.78, 5) is 27.1. The van der Waals surface area contributed by atoms with Crippen LogP contribution in [0.15, 0.2) is 53.2 Å². The van der Waals surface area contributed by atoms with Crippen molar-refractivity contribution in [2.24, 2.45) is 5.10 Å². The number of piperazine rings is 1. The first-order chi connectivity index (χ1) is 14.3. The lowest BCUT2D eigenvalue weighted by molar-refractivity contribution is -0.132. The Morgan fingerprint density at radius 1 is 1.00 bits per heavy atom. The summed E-state index contributed by atoms with van der Waals surface area (Å²) in [5, 5.41) is 9.36. The van der Waals surface area contributed by atoms with E-state index in [0.717, 1.165) is 59.9 Å². The van der Waals surface area contributed by atoms with Crippen molar-refractivity contribution in [1.29, 1.82) is 0 Å². The SMILES string of the molecule is O=C(CN1CCN(c2ncnc3sccc23)CC1)N1CCC(c2ccccc2)=N1. The lowest BCUT2D eigenvalue weighted by Gasteiger charge is -2.35. The molecule has 5 rings (SSSR count). The highest BCUT2D eigenvalue weighted by atomic mass is 32.1. The molecule has 1 fully saturated rings. The molecule has 2 aliphatic rings. The molecule has 2 aromatic heterocycles. The van der Waals surface area contributed by atoms with Gasteiger partial charge in [0.2, 0.25) is 0 Å². The van der Waals surface area contributed by atoms with Gasteiger partial charge in [-0.3, -0.25) is 9.69 Å². The molecule has 0 N–H and O–H groups in total. The molecule has 0 spiro atoms. The molecule has 1 saturated heterocycles. The van der Waals surface area contributed by atoms with Gasteiger partial charge >= 0.3 is 0 Å². The molecule has 4 heterocycles. The minimum atomic E-state index is 0.0756. The second kappa shape index (κ2) is 7.88. The Morgan fingerprint density at radius 2 is 1.83 bits per heavy atom. The molecule has 1 aromatic carbocycles. The molecular weight excluding hydrogens is 384 g/mol. The highest BCUT2D eigenvalue weighted by Crippen LogP contribution is 2.27. The highest BCUT2D eigenvalue weighted by Gasteiger charge is 2.26. The maximum absolute atomic E-state index is 12.7. The smallest absolute Gasteiger partial charge is 0.256 e. The van der Waals surface area contributed by atoms with Crippen LogP contribution in [0.1, 0.15) is 12.0 Å². The van der Waals surface area contributed by atoms with Crippen molar-refractivity contribution in [3.05, 3.63) is 53.7 Å². The van der Waals surface area contributed by atoms with Crippen molar-refractivity contribution < 1.29 is 4.79 Å². The molecule has 0 bridgehead atoms. The van der Waals surface area contributed by atoms with Crippen LogP contribution in [-0.4, -0.2) is 70.8 Å². The lowest BCUT2D eigenvalue weighted by Crippen LogP contribution is -2.49. The number of hydrogen-bond donors (Lipinski definition) is 0. The van der Waals surface area contributed by atoms with Gasteiger partial charge in [-0.1, -0.05) is 30.3 Å². The van der Waals surface area contributed by atoms with Gasteiger partial charge in [0.1, 0.15) is 17.0 Å². The van der Waals surface area contributed by atoms with Gasteiger partial charge in [-0.25, -0.2) is 15.0 Å². The number of hydrazone groups is 1. The van der Waals surface area contributed by atoms with Gasteiger partial charge in [0.05, 0.1) is 24.2 Å². The van der Waals surface area contributed by atoms with E-state index in [4.69, 9.17) is 0 Å². The number of anilines is 1. The maximum Gasteiger partial charge on any atom is 0.256 e. The van der Waals surface area contributed by atoms with E-state index in [1.807, 2.05) is 30.3 Å². The second-order valence-corrected chi connectivity index (χ2v) is 8.17. The molecule has 0 aliphatic carbocycles. The zero-order chi connectivity index (χ0) is 19.6. The maximum atomic E-state index is 12.7. The Bertz CT molecular complexity index is 1040. The van der Waals surface area contributed by atoms with E-state index >= 15 is 0 Å². The molecule has 0 radical (unpaired) electrons. The first-order valence-corrected chi connectivity index (χ1v) is 10.7. The molecule has 0 unspecified atom stereocenters. The fourth-order valence-corrected chi connectivity index (χ4v) is 4.62. The molecule has 148 valence electrons. The molecular formula is C21H22N6OS. The van der Waals surface area contributed by atoms with Crippen LogP contribution in [0.25, 0.3) is 10.2 Å². The normalized spacial score (nSPS) is 17.7. The van der Waals surface area contributed by atoms with Crippen LogP contribution in [0.5, 0.6) is 0 Å². The number of carbonyl (C=O) groups is 1. The zero-order valence-corrected chi connectivity index (χ0v) is 16.9. The van der Waals surface area contributed by atoms with Crippen LogP contribution in [-0.2, 0) is 4.79 Å². The molecule has 0 saturated carbocycles. The number of hydrogen-bond acceptors (Lipinski definition) is 7. The Hall–Kier alpha value is -2.84. The summed E-state index contributed by atoms with van der Waals surface area (Å²) in [5.74, 6) is 1.07. The monoisotopic (exact) mass is 406 g/mol. The third-order valence-corrected chi connectivity index (χ3v) is 6.29. The predicted molar refractivity (Wildman–Crippen MR) is 115 cm³/mol. The zero-order valence-electron chi connectivity index (χ0n) is 16.1. The molecule has 29 heavy (non-hydrogen) atoms. The number of rotatable bonds is 4. The summed E-state index contributed by atoms with van der Waals surface area (Å²) >= 11 is 1.64. The summed E-state index contributed by atoms with van der Waals surface area (Å²) in [6.45, 7) is 4.47. The summed E-state index contributed by atoms with van der Waals surface area (Å²) < 4.78 is 0. The molecule has 1 amide bonds. The van der Waals surface area contributed by atoms with E-state index < -0.39 is 0 Å². The van der Waals surface area contributed by atoms with Crippen molar-refractivity contribution in [1.82, 2.24) is 19.9 Å². The van der Waals surface area contributed by atoms with Gasteiger partial charge in [0.15, 0.2) is 0 Å². The fraction of sp³-hybridized carbons (Fsp3) is 0.333. The van der Waals surface area contributed by atoms with Crippen LogP contribution in [0, 0.1) is 0 Å². The quantitative estimate of drug-likeness (QED) is 0.666. The average Bonchev–Trinajstić information content (AvgIpc) is 3.45. The molecule has 7 nitrogen and oxygen atoms in total. The second-order valence-electron chi connectivity index (χ2n) is 7.28. The minimum Gasteiger partial charge on any atom is -0.353 e. The van der Waals surface area contributed by atoms with Gasteiger partial charge in [-0.15, -0.1) is 11.3 Å². The number of aromatic nitrogens is 2. The first kappa shape index (κ1) is 18.2. The standard InChI is InChI=1S/C21H22N6OS/c28-19(27-8-6-18(24-27)16-4-2-1-3-5-16)14-25-9-11-26(12-10-25)20-17-7-13-29-21(17)23-15-22-20/h1-5,7,13,15H,6,8-12,14H2. The van der Waals surface area contributed by atoms with Crippen molar-refractivity contribution in [3.8, 4) is 0 Å². The molecule has 0 atom stereocenters. The van der Waals surface area contributed by atoms with Crippen molar-refractivity contribution in [2.75, 3.05) is 44.2 Å². The molecule has 3 aromatic rings. The van der Waals surface area contributed by atoms with Crippen LogP contribution < -0.4 is 4.90 Å². The van der Waals surface area contributed by atoms with E-state index in [2.05, 4.69) is 36.3 Å². The van der Waals surface area contributed by atoms with Crippen molar-refractivity contribution >= 4 is 39.0 Å². The van der Waals surface area contributed by atoms with Gasteiger partial charge in [0.25, 0.3) is 5.91 Å². The predicted octanol–water partition coefficient (Wildman–Crippen LogP) is 2.45. The topological polar surface area (TPSA) is 64.9 Å². The Balaban J connectivity index is 1.19. The number of nitrogens with zero attached hydrogens (tertiary/aromatic N) is 6. The van der Waals surface area contributed by atoms with Crippen LogP contribution >= 0.6 is 11.3 Å². The van der Waals surface area contributed by atoms with Crippen LogP contribution in [0.3, 0.4) is 0 Å². The minimum absolute atomic E-state index is 0.0756. The van der Waals surface area contributed by atoms with E-state index in [9.17, 15) is 4.79 Å².